The minimum absolute atomic E-state index is 0. The summed E-state index contributed by atoms with van der Waals surface area (Å²) in [4.78, 5) is 20.0. The molecule has 0 unspecified atom stereocenters. The number of piperazine rings is 1. The van der Waals surface area contributed by atoms with Crippen molar-refractivity contribution in [3.8, 4) is 0 Å². The van der Waals surface area contributed by atoms with Crippen LogP contribution in [-0.4, -0.2) is 89.6 Å². The Morgan fingerprint density at radius 3 is 2.42 bits per heavy atom. The third-order valence-corrected chi connectivity index (χ3v) is 5.17. The maximum absolute atomic E-state index is 6.09. The fourth-order valence-corrected chi connectivity index (χ4v) is 3.73. The van der Waals surface area contributed by atoms with Gasteiger partial charge in [-0.1, -0.05) is 0 Å². The Kier molecular flexibility index (Phi) is 8.33. The van der Waals surface area contributed by atoms with Gasteiger partial charge in [-0.25, -0.2) is 9.97 Å². The first-order chi connectivity index (χ1) is 11.3. The van der Waals surface area contributed by atoms with Crippen molar-refractivity contribution in [2.75, 3.05) is 68.8 Å². The van der Waals surface area contributed by atoms with E-state index in [1.807, 2.05) is 17.8 Å². The van der Waals surface area contributed by atoms with Gasteiger partial charge < -0.3 is 15.5 Å². The molecule has 0 aliphatic carbocycles. The molecule has 3 heterocycles. The first-order valence-corrected chi connectivity index (χ1v) is 9.35. The summed E-state index contributed by atoms with van der Waals surface area (Å²) in [6.45, 7) is 7.76. The Morgan fingerprint density at radius 1 is 1.08 bits per heavy atom. The third-order valence-electron chi connectivity index (χ3n) is 4.23. The fourth-order valence-electron chi connectivity index (χ4n) is 2.82. The van der Waals surface area contributed by atoms with Gasteiger partial charge in [0.15, 0.2) is 5.96 Å². The number of guanidine groups is 1. The normalized spacial score (nSPS) is 19.9. The minimum atomic E-state index is 0. The molecular formula is C15H26IN7S. The molecular weight excluding hydrogens is 437 g/mol. The van der Waals surface area contributed by atoms with E-state index in [2.05, 4.69) is 29.7 Å². The van der Waals surface area contributed by atoms with Gasteiger partial charge in [-0.3, -0.25) is 9.89 Å². The lowest BCUT2D eigenvalue weighted by Crippen LogP contribution is -2.48. The number of anilines is 1. The highest BCUT2D eigenvalue weighted by Crippen LogP contribution is 2.10. The van der Waals surface area contributed by atoms with E-state index in [9.17, 15) is 0 Å². The SMILES string of the molecule is I.NC(=NCCN1CCN(c2ncccn2)CC1)N1CCSCC1. The standard InChI is InChI=1S/C15H25N7S.HI/c16-14(21-10-12-23-13-11-21)17-4-5-20-6-8-22(9-7-20)15-18-2-1-3-19-15;/h1-3H,4-13H2,(H2,16,17);1H. The molecule has 2 aliphatic rings. The zero-order chi connectivity index (χ0) is 15.9. The molecule has 3 rings (SSSR count). The van der Waals surface area contributed by atoms with Crippen LogP contribution in [0.2, 0.25) is 0 Å². The molecule has 1 aromatic rings. The second kappa shape index (κ2) is 10.2. The van der Waals surface area contributed by atoms with E-state index in [1.54, 1.807) is 12.4 Å². The number of thioether (sulfide) groups is 1. The van der Waals surface area contributed by atoms with E-state index in [-0.39, 0.29) is 24.0 Å². The van der Waals surface area contributed by atoms with Crippen LogP contribution in [0.25, 0.3) is 0 Å². The van der Waals surface area contributed by atoms with Gasteiger partial charge in [0.05, 0.1) is 6.54 Å². The van der Waals surface area contributed by atoms with Crippen molar-refractivity contribution in [2.24, 2.45) is 10.7 Å². The second-order valence-corrected chi connectivity index (χ2v) is 6.94. The Bertz CT molecular complexity index is 502. The van der Waals surface area contributed by atoms with E-state index in [1.165, 1.54) is 0 Å². The quantitative estimate of drug-likeness (QED) is 0.398. The van der Waals surface area contributed by atoms with Crippen LogP contribution in [0.5, 0.6) is 0 Å². The second-order valence-electron chi connectivity index (χ2n) is 5.72. The number of aromatic nitrogens is 2. The average Bonchev–Trinajstić information content (AvgIpc) is 2.64. The van der Waals surface area contributed by atoms with Crippen molar-refractivity contribution < 1.29 is 0 Å². The lowest BCUT2D eigenvalue weighted by Gasteiger charge is -2.34. The van der Waals surface area contributed by atoms with Crippen molar-refractivity contribution in [1.29, 1.82) is 0 Å². The van der Waals surface area contributed by atoms with Crippen molar-refractivity contribution >= 4 is 47.6 Å². The number of rotatable bonds is 4. The van der Waals surface area contributed by atoms with E-state index in [4.69, 9.17) is 5.73 Å². The number of hydrogen-bond donors (Lipinski definition) is 1. The zero-order valence-electron chi connectivity index (χ0n) is 13.9. The molecule has 0 spiro atoms. The predicted octanol–water partition coefficient (Wildman–Crippen LogP) is 0.580. The molecule has 7 nitrogen and oxygen atoms in total. The van der Waals surface area contributed by atoms with Crippen molar-refractivity contribution in [2.45, 2.75) is 0 Å². The van der Waals surface area contributed by atoms with Gasteiger partial charge in [-0.2, -0.15) is 11.8 Å². The number of halogens is 1. The first-order valence-electron chi connectivity index (χ1n) is 8.20. The molecule has 0 bridgehead atoms. The van der Waals surface area contributed by atoms with Crippen LogP contribution in [0.15, 0.2) is 23.5 Å². The Hall–Kier alpha value is -0.810. The molecule has 2 saturated heterocycles. The molecule has 0 radical (unpaired) electrons. The summed E-state index contributed by atoms with van der Waals surface area (Å²) < 4.78 is 0. The molecule has 2 fully saturated rings. The Balaban J connectivity index is 0.00000208. The van der Waals surface area contributed by atoms with Gasteiger partial charge in [-0.15, -0.1) is 24.0 Å². The van der Waals surface area contributed by atoms with Crippen LogP contribution in [0.3, 0.4) is 0 Å². The highest BCUT2D eigenvalue weighted by molar-refractivity contribution is 14.0. The average molecular weight is 463 g/mol. The number of hydrogen-bond acceptors (Lipinski definition) is 6. The van der Waals surface area contributed by atoms with E-state index >= 15 is 0 Å². The minimum Gasteiger partial charge on any atom is -0.370 e. The Labute approximate surface area is 165 Å². The van der Waals surface area contributed by atoms with Crippen molar-refractivity contribution in [3.05, 3.63) is 18.5 Å². The molecule has 0 aromatic carbocycles. The van der Waals surface area contributed by atoms with E-state index in [0.717, 1.165) is 69.8 Å². The lowest BCUT2D eigenvalue weighted by atomic mass is 10.3. The summed E-state index contributed by atoms with van der Waals surface area (Å²) in [5.41, 5.74) is 6.09. The smallest absolute Gasteiger partial charge is 0.225 e. The van der Waals surface area contributed by atoms with Crippen LogP contribution in [-0.2, 0) is 0 Å². The largest absolute Gasteiger partial charge is 0.370 e. The summed E-state index contributed by atoms with van der Waals surface area (Å²) in [5, 5.41) is 0. The zero-order valence-corrected chi connectivity index (χ0v) is 17.0. The molecule has 2 aliphatic heterocycles. The van der Waals surface area contributed by atoms with Gasteiger partial charge in [0, 0.05) is 69.7 Å². The summed E-state index contributed by atoms with van der Waals surface area (Å²) in [7, 11) is 0. The van der Waals surface area contributed by atoms with Gasteiger partial charge in [0.25, 0.3) is 0 Å². The molecule has 134 valence electrons. The van der Waals surface area contributed by atoms with Gasteiger partial charge in [-0.05, 0) is 6.07 Å². The summed E-state index contributed by atoms with van der Waals surface area (Å²) in [5.74, 6) is 3.85. The summed E-state index contributed by atoms with van der Waals surface area (Å²) in [6, 6.07) is 1.85. The monoisotopic (exact) mass is 463 g/mol. The van der Waals surface area contributed by atoms with Gasteiger partial charge in [0.1, 0.15) is 0 Å². The predicted molar refractivity (Wildman–Crippen MR) is 111 cm³/mol. The van der Waals surface area contributed by atoms with Crippen LogP contribution < -0.4 is 10.6 Å². The number of nitrogens with zero attached hydrogens (tertiary/aromatic N) is 6. The summed E-state index contributed by atoms with van der Waals surface area (Å²) >= 11 is 1.99. The number of aliphatic imine (C=N–C) groups is 1. The van der Waals surface area contributed by atoms with Crippen LogP contribution in [0, 0.1) is 0 Å². The molecule has 0 amide bonds. The molecule has 1 aromatic heterocycles. The maximum Gasteiger partial charge on any atom is 0.225 e. The number of nitrogens with two attached hydrogens (primary N) is 1. The first kappa shape index (κ1) is 19.5. The fraction of sp³-hybridized carbons (Fsp3) is 0.667. The highest BCUT2D eigenvalue weighted by Gasteiger charge is 2.18. The van der Waals surface area contributed by atoms with Gasteiger partial charge >= 0.3 is 0 Å². The molecule has 0 atom stereocenters. The summed E-state index contributed by atoms with van der Waals surface area (Å²) in [6.07, 6.45) is 3.59. The third kappa shape index (κ3) is 5.62. The van der Waals surface area contributed by atoms with Crippen LogP contribution >= 0.6 is 35.7 Å². The van der Waals surface area contributed by atoms with Crippen molar-refractivity contribution in [3.63, 3.8) is 0 Å². The van der Waals surface area contributed by atoms with Crippen LogP contribution in [0.4, 0.5) is 5.95 Å². The molecule has 24 heavy (non-hydrogen) atoms. The highest BCUT2D eigenvalue weighted by atomic mass is 127. The van der Waals surface area contributed by atoms with Crippen molar-refractivity contribution in [1.82, 2.24) is 19.8 Å². The van der Waals surface area contributed by atoms with E-state index in [0.29, 0.717) is 5.96 Å². The Morgan fingerprint density at radius 2 is 1.75 bits per heavy atom. The topological polar surface area (TPSA) is 73.9 Å². The molecule has 2 N–H and O–H groups in total. The van der Waals surface area contributed by atoms with Gasteiger partial charge in [0.2, 0.25) is 5.95 Å². The van der Waals surface area contributed by atoms with Crippen LogP contribution in [0.1, 0.15) is 0 Å². The molecule has 0 saturated carbocycles. The maximum atomic E-state index is 6.09. The lowest BCUT2D eigenvalue weighted by molar-refractivity contribution is 0.263. The van der Waals surface area contributed by atoms with E-state index < -0.39 is 0 Å². The molecule has 9 heteroatoms.